The number of amides is 1. The van der Waals surface area contributed by atoms with Crippen LogP contribution in [0, 0.1) is 5.92 Å². The highest BCUT2D eigenvalue weighted by atomic mass is 16.4. The summed E-state index contributed by atoms with van der Waals surface area (Å²) in [4.78, 5) is 25.8. The summed E-state index contributed by atoms with van der Waals surface area (Å²) in [5.41, 5.74) is 5.88. The van der Waals surface area contributed by atoms with Gasteiger partial charge in [0.25, 0.3) is 0 Å². The Hall–Kier alpha value is -1.88. The minimum absolute atomic E-state index is 0.0135. The molecule has 21 heavy (non-hydrogen) atoms. The molecule has 0 radical (unpaired) electrons. The van der Waals surface area contributed by atoms with Crippen molar-refractivity contribution in [1.29, 1.82) is 0 Å². The van der Waals surface area contributed by atoms with Gasteiger partial charge in [0.1, 0.15) is 6.04 Å². The van der Waals surface area contributed by atoms with E-state index >= 15 is 0 Å². The van der Waals surface area contributed by atoms with Crippen LogP contribution < -0.4 is 5.73 Å². The van der Waals surface area contributed by atoms with Crippen LogP contribution in [0.15, 0.2) is 30.3 Å². The third kappa shape index (κ3) is 2.53. The molecule has 2 rings (SSSR count). The maximum absolute atomic E-state index is 12.9. The van der Waals surface area contributed by atoms with Crippen LogP contribution >= 0.6 is 0 Å². The molecule has 0 aliphatic heterocycles. The van der Waals surface area contributed by atoms with Crippen LogP contribution in [0.3, 0.4) is 0 Å². The SMILES string of the molecule is CCN(CC)C(=O)[C@@]1(c2ccccc2)C[C@H]1C(N)C(=O)O. The molecule has 3 atom stereocenters. The van der Waals surface area contributed by atoms with Gasteiger partial charge in [0.15, 0.2) is 0 Å². The van der Waals surface area contributed by atoms with E-state index < -0.39 is 17.4 Å². The quantitative estimate of drug-likeness (QED) is 0.825. The van der Waals surface area contributed by atoms with Gasteiger partial charge in [-0.3, -0.25) is 9.59 Å². The monoisotopic (exact) mass is 290 g/mol. The number of nitrogens with zero attached hydrogens (tertiary/aromatic N) is 1. The Kier molecular flexibility index (Phi) is 4.32. The fourth-order valence-corrected chi connectivity index (χ4v) is 3.12. The molecule has 5 heteroatoms. The molecular formula is C16H22N2O3. The van der Waals surface area contributed by atoms with Gasteiger partial charge < -0.3 is 15.7 Å². The molecule has 0 saturated heterocycles. The molecule has 1 saturated carbocycles. The maximum Gasteiger partial charge on any atom is 0.320 e. The zero-order valence-electron chi connectivity index (χ0n) is 12.5. The van der Waals surface area contributed by atoms with E-state index in [9.17, 15) is 9.59 Å². The van der Waals surface area contributed by atoms with Crippen molar-refractivity contribution in [2.24, 2.45) is 11.7 Å². The highest BCUT2D eigenvalue weighted by molar-refractivity contribution is 5.94. The van der Waals surface area contributed by atoms with Gasteiger partial charge >= 0.3 is 5.97 Å². The lowest BCUT2D eigenvalue weighted by Gasteiger charge is -2.27. The van der Waals surface area contributed by atoms with Gasteiger partial charge in [-0.2, -0.15) is 0 Å². The summed E-state index contributed by atoms with van der Waals surface area (Å²) in [6, 6.07) is 8.38. The molecule has 1 unspecified atom stereocenters. The van der Waals surface area contributed by atoms with E-state index in [2.05, 4.69) is 0 Å². The normalized spacial score (nSPS) is 25.2. The average molecular weight is 290 g/mol. The second kappa shape index (κ2) is 5.85. The fraction of sp³-hybridized carbons (Fsp3) is 0.500. The van der Waals surface area contributed by atoms with Gasteiger partial charge in [0.2, 0.25) is 5.91 Å². The second-order valence-corrected chi connectivity index (χ2v) is 5.49. The fourth-order valence-electron chi connectivity index (χ4n) is 3.12. The maximum atomic E-state index is 12.9. The Bertz CT molecular complexity index is 528. The van der Waals surface area contributed by atoms with Gasteiger partial charge in [-0.25, -0.2) is 0 Å². The summed E-state index contributed by atoms with van der Waals surface area (Å²) >= 11 is 0. The Morgan fingerprint density at radius 2 is 1.90 bits per heavy atom. The Labute approximate surface area is 124 Å². The third-order valence-corrected chi connectivity index (χ3v) is 4.45. The summed E-state index contributed by atoms with van der Waals surface area (Å²) in [6.07, 6.45) is 0.500. The van der Waals surface area contributed by atoms with Crippen LogP contribution in [-0.2, 0) is 15.0 Å². The van der Waals surface area contributed by atoms with Crippen LogP contribution in [0.5, 0.6) is 0 Å². The molecule has 1 aromatic carbocycles. The van der Waals surface area contributed by atoms with E-state index in [1.807, 2.05) is 44.2 Å². The highest BCUT2D eigenvalue weighted by Crippen LogP contribution is 2.56. The number of carbonyl (C=O) groups is 2. The van der Waals surface area contributed by atoms with E-state index in [4.69, 9.17) is 10.8 Å². The lowest BCUT2D eigenvalue weighted by Crippen LogP contribution is -2.44. The van der Waals surface area contributed by atoms with Crippen molar-refractivity contribution < 1.29 is 14.7 Å². The standard InChI is InChI=1S/C16H22N2O3/c1-3-18(4-2)15(21)16(11-8-6-5-7-9-11)10-12(16)13(17)14(19)20/h5-9,12-13H,3-4,10,17H2,1-2H3,(H,19,20)/t12-,13?,16+/m0/s1. The topological polar surface area (TPSA) is 83.6 Å². The molecular weight excluding hydrogens is 268 g/mol. The molecule has 5 nitrogen and oxygen atoms in total. The van der Waals surface area contributed by atoms with Crippen LogP contribution in [0.2, 0.25) is 0 Å². The van der Waals surface area contributed by atoms with Crippen molar-refractivity contribution >= 4 is 11.9 Å². The van der Waals surface area contributed by atoms with E-state index in [0.717, 1.165) is 5.56 Å². The molecule has 1 fully saturated rings. The van der Waals surface area contributed by atoms with E-state index in [1.54, 1.807) is 4.90 Å². The van der Waals surface area contributed by atoms with Crippen LogP contribution in [0.4, 0.5) is 0 Å². The zero-order chi connectivity index (χ0) is 15.6. The number of carboxylic acid groups (broad SMARTS) is 1. The molecule has 1 amide bonds. The van der Waals surface area contributed by atoms with Crippen LogP contribution in [-0.4, -0.2) is 41.0 Å². The van der Waals surface area contributed by atoms with E-state index in [0.29, 0.717) is 19.5 Å². The number of benzene rings is 1. The molecule has 1 aromatic rings. The predicted octanol–water partition coefficient (Wildman–Crippen LogP) is 1.22. The average Bonchev–Trinajstić information content (AvgIpc) is 3.25. The van der Waals surface area contributed by atoms with Gasteiger partial charge in [-0.15, -0.1) is 0 Å². The molecule has 114 valence electrons. The number of likely N-dealkylation sites (N-methyl/N-ethyl adjacent to an activating group) is 1. The van der Waals surface area contributed by atoms with Crippen molar-refractivity contribution in [2.45, 2.75) is 31.7 Å². The molecule has 3 N–H and O–H groups in total. The van der Waals surface area contributed by atoms with Crippen molar-refractivity contribution in [1.82, 2.24) is 4.90 Å². The van der Waals surface area contributed by atoms with Crippen molar-refractivity contribution in [3.63, 3.8) is 0 Å². The number of rotatable bonds is 6. The summed E-state index contributed by atoms with van der Waals surface area (Å²) in [5.74, 6) is -1.41. The molecule has 0 heterocycles. The van der Waals surface area contributed by atoms with E-state index in [1.165, 1.54) is 0 Å². The Morgan fingerprint density at radius 1 is 1.33 bits per heavy atom. The largest absolute Gasteiger partial charge is 0.480 e. The van der Waals surface area contributed by atoms with E-state index in [-0.39, 0.29) is 11.8 Å². The number of hydrogen-bond donors (Lipinski definition) is 2. The van der Waals surface area contributed by atoms with Gasteiger partial charge in [-0.05, 0) is 25.8 Å². The van der Waals surface area contributed by atoms with Gasteiger partial charge in [0, 0.05) is 19.0 Å². The Morgan fingerprint density at radius 3 is 2.38 bits per heavy atom. The van der Waals surface area contributed by atoms with Gasteiger partial charge in [0.05, 0.1) is 5.41 Å². The third-order valence-electron chi connectivity index (χ3n) is 4.45. The molecule has 0 spiro atoms. The summed E-state index contributed by atoms with van der Waals surface area (Å²) in [6.45, 7) is 5.07. The predicted molar refractivity (Wildman–Crippen MR) is 79.8 cm³/mol. The highest BCUT2D eigenvalue weighted by Gasteiger charge is 2.65. The molecule has 1 aliphatic carbocycles. The lowest BCUT2D eigenvalue weighted by molar-refractivity contribution is -0.139. The van der Waals surface area contributed by atoms with Crippen molar-refractivity contribution in [2.75, 3.05) is 13.1 Å². The van der Waals surface area contributed by atoms with Gasteiger partial charge in [-0.1, -0.05) is 30.3 Å². The van der Waals surface area contributed by atoms with Crippen LogP contribution in [0.25, 0.3) is 0 Å². The van der Waals surface area contributed by atoms with Crippen molar-refractivity contribution in [3.8, 4) is 0 Å². The zero-order valence-corrected chi connectivity index (χ0v) is 12.5. The first kappa shape index (κ1) is 15.5. The number of carboxylic acids is 1. The minimum Gasteiger partial charge on any atom is -0.480 e. The first-order chi connectivity index (χ1) is 9.98. The number of hydrogen-bond acceptors (Lipinski definition) is 3. The van der Waals surface area contributed by atoms with Crippen molar-refractivity contribution in [3.05, 3.63) is 35.9 Å². The molecule has 0 bridgehead atoms. The first-order valence-corrected chi connectivity index (χ1v) is 7.32. The minimum atomic E-state index is -1.05. The number of nitrogens with two attached hydrogens (primary N) is 1. The smallest absolute Gasteiger partial charge is 0.320 e. The summed E-state index contributed by atoms with van der Waals surface area (Å²) in [5, 5.41) is 9.16. The number of aliphatic carboxylic acids is 1. The summed E-state index contributed by atoms with van der Waals surface area (Å²) in [7, 11) is 0. The summed E-state index contributed by atoms with van der Waals surface area (Å²) < 4.78 is 0. The van der Waals surface area contributed by atoms with Crippen LogP contribution in [0.1, 0.15) is 25.8 Å². The molecule has 1 aliphatic rings. The first-order valence-electron chi connectivity index (χ1n) is 7.32. The molecule has 0 aromatic heterocycles. The second-order valence-electron chi connectivity index (χ2n) is 5.49. The Balaban J connectivity index is 2.39. The lowest BCUT2D eigenvalue weighted by atomic mass is 9.89. The number of carbonyl (C=O) groups excluding carboxylic acids is 1.